The molecule has 1 aromatic carbocycles. The standard InChI is InChI=1S/C27H34N4O3S/c1-34-23-7-8-25-24(18-23)21(9-13-28-25)6-2-5-20-10-15-31(19-22(20)17-26(32)33)14-4-16-35-27-29-11-3-12-30-27/h3,7-9,11-13,18,20,22H,2,4-6,10,14-17,19H2,1H3,(H,32,33)/t20-,22+/m1/s1. The van der Waals surface area contributed by atoms with E-state index in [9.17, 15) is 9.90 Å². The summed E-state index contributed by atoms with van der Waals surface area (Å²) in [7, 11) is 1.68. The number of aliphatic carboxylic acids is 1. The zero-order valence-electron chi connectivity index (χ0n) is 20.3. The summed E-state index contributed by atoms with van der Waals surface area (Å²) in [6.45, 7) is 2.91. The molecule has 0 saturated carbocycles. The molecule has 0 amide bonds. The third kappa shape index (κ3) is 7.39. The van der Waals surface area contributed by atoms with Crippen molar-refractivity contribution in [1.82, 2.24) is 19.9 Å². The first-order chi connectivity index (χ1) is 17.1. The molecule has 7 nitrogen and oxygen atoms in total. The van der Waals surface area contributed by atoms with Crippen LogP contribution in [0.1, 0.15) is 37.7 Å². The van der Waals surface area contributed by atoms with Crippen molar-refractivity contribution < 1.29 is 14.6 Å². The number of carboxylic acid groups (broad SMARTS) is 1. The predicted octanol–water partition coefficient (Wildman–Crippen LogP) is 4.95. The molecule has 0 bridgehead atoms. The molecule has 1 N–H and O–H groups in total. The van der Waals surface area contributed by atoms with Crippen LogP contribution < -0.4 is 4.74 Å². The fourth-order valence-corrected chi connectivity index (χ4v) is 5.82. The Labute approximate surface area is 211 Å². The lowest BCUT2D eigenvalue weighted by atomic mass is 9.80. The topological polar surface area (TPSA) is 88.4 Å². The zero-order chi connectivity index (χ0) is 24.5. The number of carbonyl (C=O) groups is 1. The fourth-order valence-electron chi connectivity index (χ4n) is 5.09. The third-order valence-corrected chi connectivity index (χ3v) is 7.83. The molecule has 1 aliphatic heterocycles. The van der Waals surface area contributed by atoms with E-state index in [1.807, 2.05) is 24.4 Å². The average molecular weight is 495 g/mol. The van der Waals surface area contributed by atoms with E-state index >= 15 is 0 Å². The zero-order valence-corrected chi connectivity index (χ0v) is 21.1. The molecule has 2 atom stereocenters. The van der Waals surface area contributed by atoms with Crippen LogP contribution in [0.25, 0.3) is 10.9 Å². The highest BCUT2D eigenvalue weighted by Gasteiger charge is 2.30. The lowest BCUT2D eigenvalue weighted by Crippen LogP contribution is -2.41. The lowest BCUT2D eigenvalue weighted by Gasteiger charge is -2.38. The van der Waals surface area contributed by atoms with Gasteiger partial charge in [-0.15, -0.1) is 0 Å². The van der Waals surface area contributed by atoms with Gasteiger partial charge in [-0.3, -0.25) is 9.78 Å². The second-order valence-corrected chi connectivity index (χ2v) is 10.2. The highest BCUT2D eigenvalue weighted by Crippen LogP contribution is 2.32. The maximum atomic E-state index is 11.6. The van der Waals surface area contributed by atoms with Crippen molar-refractivity contribution in [2.24, 2.45) is 11.8 Å². The van der Waals surface area contributed by atoms with E-state index in [0.717, 1.165) is 79.3 Å². The molecule has 1 fully saturated rings. The van der Waals surface area contributed by atoms with Gasteiger partial charge in [0.15, 0.2) is 5.16 Å². The summed E-state index contributed by atoms with van der Waals surface area (Å²) < 4.78 is 5.40. The molecular weight excluding hydrogens is 460 g/mol. The van der Waals surface area contributed by atoms with E-state index in [0.29, 0.717) is 5.92 Å². The summed E-state index contributed by atoms with van der Waals surface area (Å²) in [4.78, 5) is 27.0. The Kier molecular flexibility index (Phi) is 9.31. The second-order valence-electron chi connectivity index (χ2n) is 9.19. The number of piperidine rings is 1. The van der Waals surface area contributed by atoms with Gasteiger partial charge in [-0.1, -0.05) is 11.8 Å². The summed E-state index contributed by atoms with van der Waals surface area (Å²) in [6.07, 6.45) is 10.8. The molecular formula is C27H34N4O3S. The number of aromatic nitrogens is 3. The Bertz CT molecular complexity index is 1100. The molecule has 8 heteroatoms. The van der Waals surface area contributed by atoms with Crippen LogP contribution in [0, 0.1) is 11.8 Å². The Morgan fingerprint density at radius 3 is 2.80 bits per heavy atom. The van der Waals surface area contributed by atoms with E-state index in [1.54, 1.807) is 31.3 Å². The second kappa shape index (κ2) is 12.8. The van der Waals surface area contributed by atoms with Crippen molar-refractivity contribution in [3.05, 3.63) is 54.5 Å². The van der Waals surface area contributed by atoms with E-state index in [-0.39, 0.29) is 12.3 Å². The van der Waals surface area contributed by atoms with Crippen LogP contribution in [-0.4, -0.2) is 63.4 Å². The lowest BCUT2D eigenvalue weighted by molar-refractivity contribution is -0.139. The maximum Gasteiger partial charge on any atom is 0.303 e. The summed E-state index contributed by atoms with van der Waals surface area (Å²) >= 11 is 1.68. The van der Waals surface area contributed by atoms with Gasteiger partial charge in [-0.25, -0.2) is 9.97 Å². The Morgan fingerprint density at radius 1 is 1.14 bits per heavy atom. The van der Waals surface area contributed by atoms with E-state index in [2.05, 4.69) is 32.0 Å². The predicted molar refractivity (Wildman–Crippen MR) is 139 cm³/mol. The number of aryl methyl sites for hydroxylation is 1. The normalized spacial score (nSPS) is 18.5. The number of fused-ring (bicyclic) bond motifs is 1. The summed E-state index contributed by atoms with van der Waals surface area (Å²) in [6, 6.07) is 9.93. The molecule has 1 aliphatic rings. The minimum Gasteiger partial charge on any atom is -0.497 e. The van der Waals surface area contributed by atoms with Crippen LogP contribution in [0.5, 0.6) is 5.75 Å². The van der Waals surface area contributed by atoms with E-state index in [1.165, 1.54) is 5.56 Å². The highest BCUT2D eigenvalue weighted by molar-refractivity contribution is 7.99. The number of hydrogen-bond acceptors (Lipinski definition) is 7. The van der Waals surface area contributed by atoms with Gasteiger partial charge in [0, 0.05) is 42.7 Å². The van der Waals surface area contributed by atoms with Crippen molar-refractivity contribution in [2.45, 2.75) is 43.7 Å². The van der Waals surface area contributed by atoms with Gasteiger partial charge in [-0.2, -0.15) is 0 Å². The molecule has 186 valence electrons. The van der Waals surface area contributed by atoms with Crippen molar-refractivity contribution in [3.8, 4) is 5.75 Å². The van der Waals surface area contributed by atoms with E-state index in [4.69, 9.17) is 4.74 Å². The number of benzene rings is 1. The fraction of sp³-hybridized carbons (Fsp3) is 0.481. The van der Waals surface area contributed by atoms with Gasteiger partial charge in [0.05, 0.1) is 12.6 Å². The number of thioether (sulfide) groups is 1. The molecule has 0 spiro atoms. The molecule has 0 aliphatic carbocycles. The largest absolute Gasteiger partial charge is 0.497 e. The first-order valence-corrected chi connectivity index (χ1v) is 13.4. The molecule has 35 heavy (non-hydrogen) atoms. The number of carboxylic acids is 1. The first kappa shape index (κ1) is 25.4. The molecule has 4 rings (SSSR count). The third-order valence-electron chi connectivity index (χ3n) is 6.86. The SMILES string of the molecule is COc1ccc2nccc(CCC[C@@H]3CCN(CCCSc4ncccn4)C[C@@H]3CC(=O)O)c2c1. The molecule has 1 saturated heterocycles. The van der Waals surface area contributed by atoms with Gasteiger partial charge in [0.1, 0.15) is 5.75 Å². The van der Waals surface area contributed by atoms with Crippen molar-refractivity contribution in [3.63, 3.8) is 0 Å². The smallest absolute Gasteiger partial charge is 0.303 e. The summed E-state index contributed by atoms with van der Waals surface area (Å²) in [5.74, 6) is 1.79. The Hall–Kier alpha value is -2.71. The van der Waals surface area contributed by atoms with Gasteiger partial charge in [0.2, 0.25) is 0 Å². The number of methoxy groups -OCH3 is 1. The number of hydrogen-bond donors (Lipinski definition) is 1. The summed E-state index contributed by atoms with van der Waals surface area (Å²) in [5.41, 5.74) is 2.26. The van der Waals surface area contributed by atoms with Crippen LogP contribution in [-0.2, 0) is 11.2 Å². The number of ether oxygens (including phenoxy) is 1. The monoisotopic (exact) mass is 494 g/mol. The quantitative estimate of drug-likeness (QED) is 0.215. The van der Waals surface area contributed by atoms with Gasteiger partial charge < -0.3 is 14.7 Å². The highest BCUT2D eigenvalue weighted by atomic mass is 32.2. The number of nitrogens with zero attached hydrogens (tertiary/aromatic N) is 4. The molecule has 3 aromatic rings. The van der Waals surface area contributed by atoms with Gasteiger partial charge >= 0.3 is 5.97 Å². The Balaban J connectivity index is 1.27. The average Bonchev–Trinajstić information content (AvgIpc) is 2.88. The molecule has 0 unspecified atom stereocenters. The Morgan fingerprint density at radius 2 is 2.00 bits per heavy atom. The van der Waals surface area contributed by atoms with Crippen molar-refractivity contribution >= 4 is 28.6 Å². The van der Waals surface area contributed by atoms with E-state index < -0.39 is 5.97 Å². The van der Waals surface area contributed by atoms with Gasteiger partial charge in [0.25, 0.3) is 0 Å². The number of likely N-dealkylation sites (tertiary alicyclic amines) is 1. The number of pyridine rings is 1. The summed E-state index contributed by atoms with van der Waals surface area (Å²) in [5, 5.41) is 11.5. The first-order valence-electron chi connectivity index (χ1n) is 12.4. The van der Waals surface area contributed by atoms with Crippen LogP contribution in [0.2, 0.25) is 0 Å². The minimum atomic E-state index is -0.689. The van der Waals surface area contributed by atoms with Crippen LogP contribution in [0.4, 0.5) is 0 Å². The van der Waals surface area contributed by atoms with Crippen molar-refractivity contribution in [2.75, 3.05) is 32.5 Å². The van der Waals surface area contributed by atoms with Crippen LogP contribution in [0.3, 0.4) is 0 Å². The minimum absolute atomic E-state index is 0.209. The van der Waals surface area contributed by atoms with Crippen LogP contribution in [0.15, 0.2) is 54.1 Å². The number of rotatable bonds is 12. The maximum absolute atomic E-state index is 11.6. The van der Waals surface area contributed by atoms with Gasteiger partial charge in [-0.05, 0) is 92.9 Å². The van der Waals surface area contributed by atoms with Crippen molar-refractivity contribution in [1.29, 1.82) is 0 Å². The van der Waals surface area contributed by atoms with Crippen LogP contribution >= 0.6 is 11.8 Å². The molecule has 3 heterocycles. The molecule has 0 radical (unpaired) electrons. The molecule has 2 aromatic heterocycles.